The van der Waals surface area contributed by atoms with Crippen molar-refractivity contribution in [2.24, 2.45) is 5.73 Å². The average molecular weight is 359 g/mol. The quantitative estimate of drug-likeness (QED) is 0.858. The summed E-state index contributed by atoms with van der Waals surface area (Å²) in [6, 6.07) is 5.13. The first kappa shape index (κ1) is 17.1. The second-order valence-corrected chi connectivity index (χ2v) is 7.42. The molecule has 2 amide bonds. The van der Waals surface area contributed by atoms with Gasteiger partial charge in [-0.1, -0.05) is 6.42 Å². The molecular weight excluding hydrogens is 334 g/mol. The fourth-order valence-electron chi connectivity index (χ4n) is 4.19. The molecule has 1 aliphatic carbocycles. The SMILES string of the molecule is NC(=O)C1CCCN1CC(=O)Nc1ccc2c(c1)OC1(CCCCC1)O2. The first-order chi connectivity index (χ1) is 12.5. The average Bonchev–Trinajstić information content (AvgIpc) is 3.19. The monoisotopic (exact) mass is 359 g/mol. The molecule has 7 nitrogen and oxygen atoms in total. The third-order valence-electron chi connectivity index (χ3n) is 5.47. The highest BCUT2D eigenvalue weighted by molar-refractivity contribution is 5.93. The molecule has 3 aliphatic rings. The van der Waals surface area contributed by atoms with Gasteiger partial charge in [0.2, 0.25) is 11.8 Å². The molecule has 0 bridgehead atoms. The summed E-state index contributed by atoms with van der Waals surface area (Å²) in [7, 11) is 0. The van der Waals surface area contributed by atoms with Crippen molar-refractivity contribution >= 4 is 17.5 Å². The second kappa shape index (κ2) is 6.79. The minimum atomic E-state index is -0.520. The number of benzene rings is 1. The van der Waals surface area contributed by atoms with Gasteiger partial charge < -0.3 is 20.5 Å². The molecule has 1 aromatic rings. The summed E-state index contributed by atoms with van der Waals surface area (Å²) in [6.07, 6.45) is 6.82. The Morgan fingerprint density at radius 3 is 2.69 bits per heavy atom. The van der Waals surface area contributed by atoms with Gasteiger partial charge in [0, 0.05) is 24.6 Å². The number of hydrogen-bond donors (Lipinski definition) is 2. The predicted molar refractivity (Wildman–Crippen MR) is 95.9 cm³/mol. The van der Waals surface area contributed by atoms with Crippen molar-refractivity contribution in [1.29, 1.82) is 0 Å². The number of likely N-dealkylation sites (tertiary alicyclic amines) is 1. The van der Waals surface area contributed by atoms with Crippen molar-refractivity contribution in [1.82, 2.24) is 4.90 Å². The molecule has 1 atom stereocenters. The van der Waals surface area contributed by atoms with Crippen LogP contribution in [0.3, 0.4) is 0 Å². The van der Waals surface area contributed by atoms with Gasteiger partial charge in [-0.05, 0) is 44.4 Å². The van der Waals surface area contributed by atoms with E-state index >= 15 is 0 Å². The fourth-order valence-corrected chi connectivity index (χ4v) is 4.19. The second-order valence-electron chi connectivity index (χ2n) is 7.42. The third-order valence-corrected chi connectivity index (χ3v) is 5.47. The Morgan fingerprint density at radius 2 is 1.92 bits per heavy atom. The first-order valence-corrected chi connectivity index (χ1v) is 9.40. The van der Waals surface area contributed by atoms with E-state index in [2.05, 4.69) is 5.32 Å². The molecule has 2 heterocycles. The normalized spacial score (nSPS) is 23.9. The molecule has 1 aromatic carbocycles. The molecule has 140 valence electrons. The largest absolute Gasteiger partial charge is 0.448 e. The number of primary amides is 1. The lowest BCUT2D eigenvalue weighted by Crippen LogP contribution is -2.43. The summed E-state index contributed by atoms with van der Waals surface area (Å²) >= 11 is 0. The Hall–Kier alpha value is -2.28. The maximum Gasteiger partial charge on any atom is 0.251 e. The smallest absolute Gasteiger partial charge is 0.251 e. The Bertz CT molecular complexity index is 715. The molecule has 7 heteroatoms. The molecule has 0 aromatic heterocycles. The van der Waals surface area contributed by atoms with Crippen LogP contribution in [0.1, 0.15) is 44.9 Å². The minimum Gasteiger partial charge on any atom is -0.448 e. The van der Waals surface area contributed by atoms with Crippen molar-refractivity contribution < 1.29 is 19.1 Å². The van der Waals surface area contributed by atoms with Gasteiger partial charge in [-0.2, -0.15) is 0 Å². The Labute approximate surface area is 152 Å². The van der Waals surface area contributed by atoms with Gasteiger partial charge >= 0.3 is 0 Å². The Morgan fingerprint density at radius 1 is 1.15 bits per heavy atom. The molecule has 2 aliphatic heterocycles. The Balaban J connectivity index is 1.39. The summed E-state index contributed by atoms with van der Waals surface area (Å²) in [5, 5.41) is 2.88. The highest BCUT2D eigenvalue weighted by atomic mass is 16.7. The zero-order chi connectivity index (χ0) is 18.1. The van der Waals surface area contributed by atoms with Crippen LogP contribution in [0.5, 0.6) is 11.5 Å². The first-order valence-electron chi connectivity index (χ1n) is 9.40. The number of fused-ring (bicyclic) bond motifs is 1. The molecule has 3 N–H and O–H groups in total. The zero-order valence-electron chi connectivity index (χ0n) is 14.8. The summed E-state index contributed by atoms with van der Waals surface area (Å²) in [4.78, 5) is 25.6. The van der Waals surface area contributed by atoms with Crippen LogP contribution in [-0.4, -0.2) is 41.6 Å². The maximum atomic E-state index is 12.4. The number of nitrogens with zero attached hydrogens (tertiary/aromatic N) is 1. The lowest BCUT2D eigenvalue weighted by molar-refractivity contribution is -0.123. The van der Waals surface area contributed by atoms with Crippen LogP contribution >= 0.6 is 0 Å². The molecule has 1 unspecified atom stereocenters. The van der Waals surface area contributed by atoms with Gasteiger partial charge in [-0.3, -0.25) is 14.5 Å². The molecule has 26 heavy (non-hydrogen) atoms. The van der Waals surface area contributed by atoms with Crippen LogP contribution in [-0.2, 0) is 9.59 Å². The molecule has 2 fully saturated rings. The molecule has 1 saturated carbocycles. The number of ether oxygens (including phenoxy) is 2. The number of nitrogens with two attached hydrogens (primary N) is 1. The van der Waals surface area contributed by atoms with E-state index in [1.807, 2.05) is 23.1 Å². The molecule has 4 rings (SSSR count). The summed E-state index contributed by atoms with van der Waals surface area (Å²) in [5.74, 6) is 0.368. The van der Waals surface area contributed by atoms with E-state index < -0.39 is 5.79 Å². The Kier molecular flexibility index (Phi) is 4.48. The van der Waals surface area contributed by atoms with E-state index in [1.165, 1.54) is 6.42 Å². The van der Waals surface area contributed by atoms with Gasteiger partial charge in [0.05, 0.1) is 12.6 Å². The van der Waals surface area contributed by atoms with Gasteiger partial charge in [0.15, 0.2) is 11.5 Å². The van der Waals surface area contributed by atoms with Gasteiger partial charge in [0.1, 0.15) is 0 Å². The maximum absolute atomic E-state index is 12.4. The standard InChI is InChI=1S/C19H25N3O4/c20-18(24)14-5-4-10-22(14)12-17(23)21-13-6-7-15-16(11-13)26-19(25-15)8-2-1-3-9-19/h6-7,11,14H,1-5,8-10,12H2,(H2,20,24)(H,21,23). The van der Waals surface area contributed by atoms with Gasteiger partial charge in [0.25, 0.3) is 5.79 Å². The van der Waals surface area contributed by atoms with Crippen molar-refractivity contribution in [2.45, 2.75) is 56.8 Å². The highest BCUT2D eigenvalue weighted by Crippen LogP contribution is 2.46. The predicted octanol–water partition coefficient (Wildman–Crippen LogP) is 2.01. The fraction of sp³-hybridized carbons (Fsp3) is 0.579. The van der Waals surface area contributed by atoms with Crippen LogP contribution in [0.15, 0.2) is 18.2 Å². The van der Waals surface area contributed by atoms with Crippen LogP contribution in [0, 0.1) is 0 Å². The number of anilines is 1. The number of carbonyl (C=O) groups is 2. The van der Waals surface area contributed by atoms with Crippen LogP contribution in [0.2, 0.25) is 0 Å². The van der Waals surface area contributed by atoms with Crippen LogP contribution < -0.4 is 20.5 Å². The lowest BCUT2D eigenvalue weighted by atomic mass is 9.94. The summed E-state index contributed by atoms with van der Waals surface area (Å²) in [6.45, 7) is 0.872. The van der Waals surface area contributed by atoms with Gasteiger partial charge in [-0.25, -0.2) is 0 Å². The summed E-state index contributed by atoms with van der Waals surface area (Å²) < 4.78 is 12.1. The van der Waals surface area contributed by atoms with Crippen molar-refractivity contribution in [3.63, 3.8) is 0 Å². The number of hydrogen-bond acceptors (Lipinski definition) is 5. The number of rotatable bonds is 4. The van der Waals surface area contributed by atoms with E-state index in [9.17, 15) is 9.59 Å². The van der Waals surface area contributed by atoms with Crippen molar-refractivity contribution in [3.8, 4) is 11.5 Å². The van der Waals surface area contributed by atoms with E-state index in [0.717, 1.165) is 37.9 Å². The van der Waals surface area contributed by atoms with E-state index in [0.29, 0.717) is 24.4 Å². The summed E-state index contributed by atoms with van der Waals surface area (Å²) in [5.41, 5.74) is 6.07. The van der Waals surface area contributed by atoms with E-state index in [-0.39, 0.29) is 24.4 Å². The molecular formula is C19H25N3O4. The number of amides is 2. The van der Waals surface area contributed by atoms with Crippen LogP contribution in [0.25, 0.3) is 0 Å². The van der Waals surface area contributed by atoms with Crippen molar-refractivity contribution in [3.05, 3.63) is 18.2 Å². The third kappa shape index (κ3) is 3.35. The molecule has 1 saturated heterocycles. The highest BCUT2D eigenvalue weighted by Gasteiger charge is 2.42. The van der Waals surface area contributed by atoms with Crippen LogP contribution in [0.4, 0.5) is 5.69 Å². The molecule has 0 radical (unpaired) electrons. The van der Waals surface area contributed by atoms with E-state index in [1.54, 1.807) is 0 Å². The van der Waals surface area contributed by atoms with Gasteiger partial charge in [-0.15, -0.1) is 0 Å². The number of carbonyl (C=O) groups excluding carboxylic acids is 2. The minimum absolute atomic E-state index is 0.159. The lowest BCUT2D eigenvalue weighted by Gasteiger charge is -2.31. The zero-order valence-corrected chi connectivity index (χ0v) is 14.8. The van der Waals surface area contributed by atoms with Crippen molar-refractivity contribution in [2.75, 3.05) is 18.4 Å². The topological polar surface area (TPSA) is 93.9 Å². The molecule has 1 spiro atoms. The van der Waals surface area contributed by atoms with E-state index in [4.69, 9.17) is 15.2 Å². The number of nitrogens with one attached hydrogen (secondary N) is 1.